The van der Waals surface area contributed by atoms with Gasteiger partial charge in [-0.15, -0.1) is 0 Å². The molecule has 0 N–H and O–H groups in total. The molecular formula is C32H48O4. The molecule has 0 saturated heterocycles. The molecule has 4 aliphatic rings. The Morgan fingerprint density at radius 2 is 1.69 bits per heavy atom. The van der Waals surface area contributed by atoms with Gasteiger partial charge in [0.15, 0.2) is 0 Å². The average Bonchev–Trinajstić information content (AvgIpc) is 3.13. The molecular weight excluding hydrogens is 448 g/mol. The smallest absolute Gasteiger partial charge is 0.303 e. The van der Waals surface area contributed by atoms with Gasteiger partial charge in [-0.1, -0.05) is 63.1 Å². The zero-order chi connectivity index (χ0) is 26.5. The van der Waals surface area contributed by atoms with Gasteiger partial charge in [-0.05, 0) is 86.9 Å². The largest absolute Gasteiger partial charge is 0.462 e. The molecule has 3 saturated carbocycles. The first kappa shape index (κ1) is 27.2. The zero-order valence-corrected chi connectivity index (χ0v) is 23.9. The van der Waals surface area contributed by atoms with Crippen LogP contribution in [0.3, 0.4) is 0 Å². The fourth-order valence-corrected chi connectivity index (χ4v) is 8.38. The first-order chi connectivity index (χ1) is 16.8. The van der Waals surface area contributed by atoms with E-state index in [2.05, 4.69) is 52.0 Å². The topological polar surface area (TPSA) is 52.6 Å². The number of carbonyl (C=O) groups is 2. The normalized spacial score (nSPS) is 37.7. The van der Waals surface area contributed by atoms with E-state index in [4.69, 9.17) is 9.47 Å². The minimum Gasteiger partial charge on any atom is -0.462 e. The summed E-state index contributed by atoms with van der Waals surface area (Å²) >= 11 is 0. The van der Waals surface area contributed by atoms with E-state index in [0.29, 0.717) is 29.1 Å². The second kappa shape index (κ2) is 9.80. The van der Waals surface area contributed by atoms with Crippen molar-refractivity contribution < 1.29 is 19.1 Å². The number of ether oxygens (including phenoxy) is 2. The molecule has 1 unspecified atom stereocenters. The first-order valence-electron chi connectivity index (χ1n) is 14.2. The van der Waals surface area contributed by atoms with Gasteiger partial charge in [0.2, 0.25) is 0 Å². The maximum absolute atomic E-state index is 11.5. The lowest BCUT2D eigenvalue weighted by molar-refractivity contribution is -0.156. The highest BCUT2D eigenvalue weighted by atomic mass is 16.6. The van der Waals surface area contributed by atoms with Crippen LogP contribution in [0.1, 0.15) is 100 Å². The number of rotatable bonds is 6. The summed E-state index contributed by atoms with van der Waals surface area (Å²) in [6.45, 7) is 16.6. The number of fused-ring (bicyclic) bond motifs is 5. The van der Waals surface area contributed by atoms with Gasteiger partial charge in [0.05, 0.1) is 0 Å². The van der Waals surface area contributed by atoms with E-state index in [1.807, 2.05) is 13.8 Å². The molecule has 0 aliphatic heterocycles. The summed E-state index contributed by atoms with van der Waals surface area (Å²) in [7, 11) is 0. The highest BCUT2D eigenvalue weighted by molar-refractivity contribution is 5.66. The molecule has 4 heteroatoms. The van der Waals surface area contributed by atoms with Gasteiger partial charge in [-0.3, -0.25) is 9.59 Å². The molecule has 0 bridgehead atoms. The van der Waals surface area contributed by atoms with Gasteiger partial charge in [0, 0.05) is 26.2 Å². The van der Waals surface area contributed by atoms with Crippen LogP contribution in [0.25, 0.3) is 0 Å². The lowest BCUT2D eigenvalue weighted by Crippen LogP contribution is -2.46. The minimum atomic E-state index is -0.497. The lowest BCUT2D eigenvalue weighted by Gasteiger charge is -2.55. The lowest BCUT2D eigenvalue weighted by atomic mass is 9.50. The van der Waals surface area contributed by atoms with Gasteiger partial charge in [-0.2, -0.15) is 0 Å². The Morgan fingerprint density at radius 1 is 0.972 bits per heavy atom. The molecule has 0 heterocycles. The molecule has 36 heavy (non-hydrogen) atoms. The van der Waals surface area contributed by atoms with Crippen LogP contribution in [0.5, 0.6) is 0 Å². The molecule has 0 amide bonds. The van der Waals surface area contributed by atoms with Crippen LogP contribution in [0.4, 0.5) is 0 Å². The fourth-order valence-electron chi connectivity index (χ4n) is 8.38. The van der Waals surface area contributed by atoms with E-state index >= 15 is 0 Å². The van der Waals surface area contributed by atoms with Gasteiger partial charge in [0.1, 0.15) is 11.7 Å². The van der Waals surface area contributed by atoms with Crippen LogP contribution in [0, 0.1) is 40.4 Å². The Kier molecular flexibility index (Phi) is 7.40. The third-order valence-corrected chi connectivity index (χ3v) is 10.8. The van der Waals surface area contributed by atoms with Crippen molar-refractivity contribution in [2.75, 3.05) is 0 Å². The second-order valence-corrected chi connectivity index (χ2v) is 13.3. The molecule has 0 aromatic heterocycles. The van der Waals surface area contributed by atoms with Crippen molar-refractivity contribution in [1.82, 2.24) is 0 Å². The number of hydrogen-bond donors (Lipinski definition) is 0. The molecule has 0 aromatic carbocycles. The number of hydrogen-bond acceptors (Lipinski definition) is 4. The first-order valence-corrected chi connectivity index (χ1v) is 14.2. The molecule has 0 aromatic rings. The Bertz CT molecular complexity index is 971. The molecule has 4 rings (SSSR count). The van der Waals surface area contributed by atoms with Crippen LogP contribution in [0.2, 0.25) is 0 Å². The van der Waals surface area contributed by atoms with Crippen molar-refractivity contribution >= 4 is 11.9 Å². The summed E-state index contributed by atoms with van der Waals surface area (Å²) in [6, 6.07) is 0. The summed E-state index contributed by atoms with van der Waals surface area (Å²) < 4.78 is 11.2. The summed E-state index contributed by atoms with van der Waals surface area (Å²) in [6.07, 6.45) is 17.7. The standard InChI is InChI=1S/C32H48O4/c1-20(9-10-21(2)30(5,6)36-23(4)34)27-13-14-28-26-12-11-24-19-25(35-22(3)33)15-17-31(24,7)29(26)16-18-32(27,28)8/h9-12,20-21,25,27-29H,13-19H2,1-8H3/b10-9+/t20-,21?,25+,27-,28+,29+,31+,32-/m1/s1. The van der Waals surface area contributed by atoms with E-state index in [1.54, 1.807) is 5.57 Å². The zero-order valence-electron chi connectivity index (χ0n) is 23.9. The van der Waals surface area contributed by atoms with Crippen molar-refractivity contribution in [3.63, 3.8) is 0 Å². The molecule has 0 radical (unpaired) electrons. The summed E-state index contributed by atoms with van der Waals surface area (Å²) in [5, 5.41) is 0. The van der Waals surface area contributed by atoms with E-state index in [0.717, 1.165) is 19.3 Å². The van der Waals surface area contributed by atoms with E-state index in [1.165, 1.54) is 45.1 Å². The molecule has 200 valence electrons. The highest BCUT2D eigenvalue weighted by Gasteiger charge is 2.57. The van der Waals surface area contributed by atoms with Gasteiger partial charge >= 0.3 is 11.9 Å². The predicted octanol–water partition coefficient (Wildman–Crippen LogP) is 7.59. The van der Waals surface area contributed by atoms with Crippen LogP contribution < -0.4 is 0 Å². The summed E-state index contributed by atoms with van der Waals surface area (Å²) in [5.74, 6) is 2.24. The maximum Gasteiger partial charge on any atom is 0.303 e. The molecule has 4 nitrogen and oxygen atoms in total. The molecule has 3 fully saturated rings. The maximum atomic E-state index is 11.5. The van der Waals surface area contributed by atoms with Crippen molar-refractivity contribution in [1.29, 1.82) is 0 Å². The Morgan fingerprint density at radius 3 is 2.36 bits per heavy atom. The number of allylic oxidation sites excluding steroid dienone is 4. The average molecular weight is 497 g/mol. The van der Waals surface area contributed by atoms with Crippen LogP contribution in [-0.2, 0) is 19.1 Å². The van der Waals surface area contributed by atoms with Gasteiger partial charge in [0.25, 0.3) is 0 Å². The third-order valence-electron chi connectivity index (χ3n) is 10.8. The van der Waals surface area contributed by atoms with Crippen LogP contribution >= 0.6 is 0 Å². The number of carbonyl (C=O) groups excluding carboxylic acids is 2. The second-order valence-electron chi connectivity index (χ2n) is 13.3. The number of esters is 2. The van der Waals surface area contributed by atoms with Crippen LogP contribution in [-0.4, -0.2) is 23.6 Å². The summed E-state index contributed by atoms with van der Waals surface area (Å²) in [4.78, 5) is 23.0. The third kappa shape index (κ3) is 4.86. The Balaban J connectivity index is 1.50. The van der Waals surface area contributed by atoms with Crippen LogP contribution in [0.15, 0.2) is 35.5 Å². The Labute approximate surface area is 219 Å². The van der Waals surface area contributed by atoms with Crippen molar-refractivity contribution in [3.05, 3.63) is 35.5 Å². The van der Waals surface area contributed by atoms with E-state index < -0.39 is 5.60 Å². The summed E-state index contributed by atoms with van der Waals surface area (Å²) in [5.41, 5.74) is 3.24. The highest BCUT2D eigenvalue weighted by Crippen LogP contribution is 2.66. The van der Waals surface area contributed by atoms with Crippen molar-refractivity contribution in [3.8, 4) is 0 Å². The quantitative estimate of drug-likeness (QED) is 0.281. The van der Waals surface area contributed by atoms with Crippen molar-refractivity contribution in [2.45, 2.75) is 112 Å². The van der Waals surface area contributed by atoms with Gasteiger partial charge in [-0.25, -0.2) is 0 Å². The van der Waals surface area contributed by atoms with E-state index in [-0.39, 0.29) is 29.4 Å². The Hall–Kier alpha value is -1.84. The molecule has 8 atom stereocenters. The fraction of sp³-hybridized carbons (Fsp3) is 0.750. The molecule has 4 aliphatic carbocycles. The predicted molar refractivity (Wildman–Crippen MR) is 144 cm³/mol. The SMILES string of the molecule is CC(=O)O[C@H]1CC[C@@]2(C)C(=CC=C3[C@@H]4CC[C@H]([C@H](C)/C=C/C(C)C(C)(C)OC(C)=O)[C@@]4(C)CC[C@@H]32)C1. The van der Waals surface area contributed by atoms with E-state index in [9.17, 15) is 9.59 Å². The van der Waals surface area contributed by atoms with Crippen molar-refractivity contribution in [2.24, 2.45) is 40.4 Å². The molecule has 0 spiro atoms. The minimum absolute atomic E-state index is 0.0438. The monoisotopic (exact) mass is 496 g/mol. The van der Waals surface area contributed by atoms with Gasteiger partial charge < -0.3 is 9.47 Å².